The highest BCUT2D eigenvalue weighted by Crippen LogP contribution is 2.26. The number of thiocarbonyl (C=S) groups is 1. The Hall–Kier alpha value is 0.200. The van der Waals surface area contributed by atoms with Crippen molar-refractivity contribution in [1.29, 1.82) is 0 Å². The Labute approximate surface area is 140 Å². The van der Waals surface area contributed by atoms with Gasteiger partial charge in [-0.05, 0) is 50.6 Å². The van der Waals surface area contributed by atoms with Crippen molar-refractivity contribution in [3.63, 3.8) is 0 Å². The van der Waals surface area contributed by atoms with Gasteiger partial charge in [-0.3, -0.25) is 0 Å². The quantitative estimate of drug-likeness (QED) is 0.456. The first-order chi connectivity index (χ1) is 10.2. The van der Waals surface area contributed by atoms with E-state index in [0.717, 1.165) is 19.3 Å². The molecule has 1 fully saturated rings. The number of thioether (sulfide) groups is 1. The standard InChI is InChI=1S/C17H32O2S2/c1-4-6-8-12-15-16(19-17(20)21-3)13-10-7-9-11-14(5-2)18-15/h14-16H,4-13H2,1-3H3/t14-,15+,16?/m0/s1. The molecular weight excluding hydrogens is 300 g/mol. The van der Waals surface area contributed by atoms with Crippen LogP contribution in [0.1, 0.15) is 78.1 Å². The average molecular weight is 333 g/mol. The van der Waals surface area contributed by atoms with Crippen molar-refractivity contribution < 1.29 is 9.47 Å². The highest BCUT2D eigenvalue weighted by atomic mass is 32.2. The Kier molecular flexibility index (Phi) is 10.7. The second-order valence-electron chi connectivity index (χ2n) is 5.95. The van der Waals surface area contributed by atoms with Gasteiger partial charge in [-0.1, -0.05) is 57.7 Å². The van der Waals surface area contributed by atoms with E-state index in [-0.39, 0.29) is 12.2 Å². The largest absolute Gasteiger partial charge is 0.473 e. The van der Waals surface area contributed by atoms with E-state index >= 15 is 0 Å². The van der Waals surface area contributed by atoms with Crippen LogP contribution < -0.4 is 0 Å². The number of rotatable bonds is 6. The zero-order chi connectivity index (χ0) is 15.5. The fraction of sp³-hybridized carbons (Fsp3) is 0.941. The van der Waals surface area contributed by atoms with Gasteiger partial charge in [0.2, 0.25) is 4.38 Å². The van der Waals surface area contributed by atoms with Crippen LogP contribution in [0.3, 0.4) is 0 Å². The summed E-state index contributed by atoms with van der Waals surface area (Å²) in [6.45, 7) is 4.48. The summed E-state index contributed by atoms with van der Waals surface area (Å²) < 4.78 is 13.1. The van der Waals surface area contributed by atoms with E-state index in [9.17, 15) is 0 Å². The fourth-order valence-electron chi connectivity index (χ4n) is 2.94. The highest BCUT2D eigenvalue weighted by Gasteiger charge is 2.28. The molecule has 2 nitrogen and oxygen atoms in total. The Morgan fingerprint density at radius 3 is 2.62 bits per heavy atom. The van der Waals surface area contributed by atoms with Gasteiger partial charge in [-0.15, -0.1) is 0 Å². The number of hydrogen-bond donors (Lipinski definition) is 0. The Bertz CT molecular complexity index is 284. The molecule has 0 amide bonds. The summed E-state index contributed by atoms with van der Waals surface area (Å²) in [7, 11) is 0. The van der Waals surface area contributed by atoms with Crippen LogP contribution in [-0.2, 0) is 9.47 Å². The van der Waals surface area contributed by atoms with E-state index in [2.05, 4.69) is 13.8 Å². The molecule has 0 aromatic heterocycles. The smallest absolute Gasteiger partial charge is 0.220 e. The number of ether oxygens (including phenoxy) is 2. The summed E-state index contributed by atoms with van der Waals surface area (Å²) in [6, 6.07) is 0. The predicted octanol–water partition coefficient (Wildman–Crippen LogP) is 5.73. The molecule has 1 aliphatic heterocycles. The zero-order valence-corrected chi connectivity index (χ0v) is 15.6. The van der Waals surface area contributed by atoms with Crippen molar-refractivity contribution in [2.45, 2.75) is 96.4 Å². The third-order valence-electron chi connectivity index (χ3n) is 4.26. The number of unbranched alkanes of at least 4 members (excludes halogenated alkanes) is 2. The molecule has 3 atom stereocenters. The van der Waals surface area contributed by atoms with Gasteiger partial charge in [0.25, 0.3) is 0 Å². The summed E-state index contributed by atoms with van der Waals surface area (Å²) in [6.07, 6.45) is 14.8. The van der Waals surface area contributed by atoms with Gasteiger partial charge in [0.15, 0.2) is 0 Å². The molecule has 0 aliphatic carbocycles. The van der Waals surface area contributed by atoms with E-state index in [0.29, 0.717) is 10.5 Å². The molecule has 4 heteroatoms. The average Bonchev–Trinajstić information content (AvgIpc) is 2.59. The minimum absolute atomic E-state index is 0.147. The van der Waals surface area contributed by atoms with E-state index in [1.54, 1.807) is 0 Å². The second-order valence-corrected chi connectivity index (χ2v) is 7.36. The van der Waals surface area contributed by atoms with E-state index in [1.807, 2.05) is 6.26 Å². The van der Waals surface area contributed by atoms with Crippen LogP contribution in [0.25, 0.3) is 0 Å². The van der Waals surface area contributed by atoms with Gasteiger partial charge in [0, 0.05) is 0 Å². The molecule has 21 heavy (non-hydrogen) atoms. The molecular formula is C17H32O2S2. The summed E-state index contributed by atoms with van der Waals surface area (Å²) in [5.41, 5.74) is 0. The Morgan fingerprint density at radius 2 is 1.95 bits per heavy atom. The summed E-state index contributed by atoms with van der Waals surface area (Å²) in [5.74, 6) is 0. The third-order valence-corrected chi connectivity index (χ3v) is 5.28. The number of hydrogen-bond acceptors (Lipinski definition) is 4. The summed E-state index contributed by atoms with van der Waals surface area (Å²) in [5, 5.41) is 0. The lowest BCUT2D eigenvalue weighted by molar-refractivity contribution is -0.0773. The maximum atomic E-state index is 6.43. The van der Waals surface area contributed by atoms with E-state index in [4.69, 9.17) is 21.7 Å². The molecule has 1 heterocycles. The van der Waals surface area contributed by atoms with Crippen molar-refractivity contribution in [1.82, 2.24) is 0 Å². The molecule has 0 spiro atoms. The molecule has 124 valence electrons. The van der Waals surface area contributed by atoms with Gasteiger partial charge in [0.1, 0.15) is 6.10 Å². The van der Waals surface area contributed by atoms with Crippen LogP contribution in [0.5, 0.6) is 0 Å². The van der Waals surface area contributed by atoms with Crippen molar-refractivity contribution in [3.05, 3.63) is 0 Å². The zero-order valence-electron chi connectivity index (χ0n) is 13.9. The topological polar surface area (TPSA) is 18.5 Å². The highest BCUT2D eigenvalue weighted by molar-refractivity contribution is 8.22. The predicted molar refractivity (Wildman–Crippen MR) is 97.2 cm³/mol. The first-order valence-corrected chi connectivity index (χ1v) is 10.2. The fourth-order valence-corrected chi connectivity index (χ4v) is 3.28. The van der Waals surface area contributed by atoms with Crippen LogP contribution in [0, 0.1) is 0 Å². The minimum Gasteiger partial charge on any atom is -0.473 e. The third kappa shape index (κ3) is 7.85. The van der Waals surface area contributed by atoms with E-state index in [1.165, 1.54) is 56.7 Å². The molecule has 0 aromatic rings. The lowest BCUT2D eigenvalue weighted by Crippen LogP contribution is -2.35. The molecule has 1 rings (SSSR count). The van der Waals surface area contributed by atoms with Crippen LogP contribution >= 0.6 is 24.0 Å². The molecule has 1 aliphatic rings. The molecule has 0 radical (unpaired) electrons. The van der Waals surface area contributed by atoms with Crippen molar-refractivity contribution in [2.75, 3.05) is 6.26 Å². The molecule has 0 saturated carbocycles. The van der Waals surface area contributed by atoms with E-state index < -0.39 is 0 Å². The maximum Gasteiger partial charge on any atom is 0.220 e. The van der Waals surface area contributed by atoms with Crippen molar-refractivity contribution >= 4 is 28.4 Å². The Morgan fingerprint density at radius 1 is 1.19 bits per heavy atom. The molecule has 1 saturated heterocycles. The lowest BCUT2D eigenvalue weighted by Gasteiger charge is -2.30. The van der Waals surface area contributed by atoms with Gasteiger partial charge >= 0.3 is 0 Å². The van der Waals surface area contributed by atoms with Gasteiger partial charge in [-0.2, -0.15) is 0 Å². The molecule has 0 bridgehead atoms. The van der Waals surface area contributed by atoms with Crippen LogP contribution in [0.15, 0.2) is 0 Å². The van der Waals surface area contributed by atoms with Gasteiger partial charge < -0.3 is 9.47 Å². The monoisotopic (exact) mass is 332 g/mol. The normalized spacial score (nSPS) is 27.5. The first-order valence-electron chi connectivity index (χ1n) is 8.61. The summed E-state index contributed by atoms with van der Waals surface area (Å²) in [4.78, 5) is 0. The first kappa shape index (κ1) is 19.2. The van der Waals surface area contributed by atoms with Crippen molar-refractivity contribution in [2.24, 2.45) is 0 Å². The second kappa shape index (κ2) is 11.7. The summed E-state index contributed by atoms with van der Waals surface area (Å²) >= 11 is 6.81. The van der Waals surface area contributed by atoms with Gasteiger partial charge in [-0.25, -0.2) is 0 Å². The van der Waals surface area contributed by atoms with Crippen LogP contribution in [-0.4, -0.2) is 29.0 Å². The maximum absolute atomic E-state index is 6.43. The van der Waals surface area contributed by atoms with Crippen molar-refractivity contribution in [3.8, 4) is 0 Å². The molecule has 0 aromatic carbocycles. The van der Waals surface area contributed by atoms with Crippen LogP contribution in [0.4, 0.5) is 0 Å². The molecule has 0 N–H and O–H groups in total. The van der Waals surface area contributed by atoms with Gasteiger partial charge in [0.05, 0.1) is 12.2 Å². The minimum atomic E-state index is 0.147. The van der Waals surface area contributed by atoms with Crippen LogP contribution in [0.2, 0.25) is 0 Å². The molecule has 1 unspecified atom stereocenters. The Balaban J connectivity index is 2.69. The lowest BCUT2D eigenvalue weighted by atomic mass is 10.0. The SMILES string of the molecule is CCCCC[C@H]1O[C@@H](CC)CCCCCC1OC(=S)SC.